The first-order valence-corrected chi connectivity index (χ1v) is 7.31. The second kappa shape index (κ2) is 7.11. The number of aryl methyl sites for hydroxylation is 1. The Morgan fingerprint density at radius 1 is 1.12 bits per heavy atom. The van der Waals surface area contributed by atoms with Crippen LogP contribution >= 0.6 is 15.9 Å². The van der Waals surface area contributed by atoms with E-state index in [0.29, 0.717) is 4.83 Å². The summed E-state index contributed by atoms with van der Waals surface area (Å²) in [5, 5.41) is 0. The van der Waals surface area contributed by atoms with E-state index in [2.05, 4.69) is 61.0 Å². The van der Waals surface area contributed by atoms with E-state index in [0.717, 1.165) is 5.92 Å². The Balaban J connectivity index is 2.66. The Kier molecular flexibility index (Phi) is 6.12. The average molecular weight is 283 g/mol. The van der Waals surface area contributed by atoms with Crippen molar-refractivity contribution in [2.75, 3.05) is 0 Å². The maximum Gasteiger partial charge on any atom is 0.0423 e. The van der Waals surface area contributed by atoms with E-state index < -0.39 is 0 Å². The number of rotatable bonds is 6. The van der Waals surface area contributed by atoms with Crippen LogP contribution in [0.2, 0.25) is 0 Å². The van der Waals surface area contributed by atoms with Crippen LogP contribution in [0.5, 0.6) is 0 Å². The van der Waals surface area contributed by atoms with Crippen molar-refractivity contribution in [3.05, 3.63) is 35.4 Å². The standard InChI is InChI=1S/C15H23Br/c1-4-6-7-13(5-2)15(16)14-10-8-12(3)9-11-14/h8-11,13,15H,4-7H2,1-3H3. The molecule has 0 aliphatic rings. The Labute approximate surface area is 109 Å². The van der Waals surface area contributed by atoms with Gasteiger partial charge in [0.15, 0.2) is 0 Å². The largest absolute Gasteiger partial charge is 0.0836 e. The smallest absolute Gasteiger partial charge is 0.0423 e. The van der Waals surface area contributed by atoms with Gasteiger partial charge in [-0.3, -0.25) is 0 Å². The predicted molar refractivity (Wildman–Crippen MR) is 76.2 cm³/mol. The summed E-state index contributed by atoms with van der Waals surface area (Å²) in [5.74, 6) is 0.766. The zero-order chi connectivity index (χ0) is 12.0. The van der Waals surface area contributed by atoms with E-state index in [9.17, 15) is 0 Å². The first-order chi connectivity index (χ1) is 7.69. The Morgan fingerprint density at radius 2 is 1.75 bits per heavy atom. The van der Waals surface area contributed by atoms with Crippen LogP contribution in [0.15, 0.2) is 24.3 Å². The SMILES string of the molecule is CCCCC(CC)C(Br)c1ccc(C)cc1. The summed E-state index contributed by atoms with van der Waals surface area (Å²) in [4.78, 5) is 0.518. The highest BCUT2D eigenvalue weighted by atomic mass is 79.9. The molecule has 0 aliphatic carbocycles. The lowest BCUT2D eigenvalue weighted by Gasteiger charge is -2.21. The van der Waals surface area contributed by atoms with Crippen LogP contribution in [-0.4, -0.2) is 0 Å². The number of hydrogen-bond donors (Lipinski definition) is 0. The third-order valence-corrected chi connectivity index (χ3v) is 4.54. The molecule has 0 N–H and O–H groups in total. The molecule has 0 saturated heterocycles. The van der Waals surface area contributed by atoms with Gasteiger partial charge in [-0.25, -0.2) is 0 Å². The lowest BCUT2D eigenvalue weighted by atomic mass is 9.91. The van der Waals surface area contributed by atoms with Gasteiger partial charge in [0.2, 0.25) is 0 Å². The Morgan fingerprint density at radius 3 is 2.25 bits per heavy atom. The van der Waals surface area contributed by atoms with Crippen molar-refractivity contribution < 1.29 is 0 Å². The van der Waals surface area contributed by atoms with E-state index in [1.54, 1.807) is 0 Å². The molecule has 0 aliphatic heterocycles. The Hall–Kier alpha value is -0.300. The average Bonchev–Trinajstić information content (AvgIpc) is 2.30. The van der Waals surface area contributed by atoms with Crippen molar-refractivity contribution in [1.29, 1.82) is 0 Å². The summed E-state index contributed by atoms with van der Waals surface area (Å²) in [7, 11) is 0. The molecule has 1 aromatic rings. The second-order valence-electron chi connectivity index (χ2n) is 4.62. The first-order valence-electron chi connectivity index (χ1n) is 6.39. The molecule has 0 heterocycles. The molecule has 0 spiro atoms. The van der Waals surface area contributed by atoms with Crippen LogP contribution in [0.25, 0.3) is 0 Å². The molecule has 0 aromatic heterocycles. The van der Waals surface area contributed by atoms with E-state index in [4.69, 9.17) is 0 Å². The lowest BCUT2D eigenvalue weighted by molar-refractivity contribution is 0.446. The minimum atomic E-state index is 0.518. The van der Waals surface area contributed by atoms with Crippen LogP contribution in [0, 0.1) is 12.8 Å². The number of unbranched alkanes of at least 4 members (excludes halogenated alkanes) is 1. The van der Waals surface area contributed by atoms with Crippen molar-refractivity contribution in [2.24, 2.45) is 5.92 Å². The molecular formula is C15H23Br. The molecular weight excluding hydrogens is 260 g/mol. The monoisotopic (exact) mass is 282 g/mol. The molecule has 2 atom stereocenters. The summed E-state index contributed by atoms with van der Waals surface area (Å²) in [5.41, 5.74) is 2.76. The van der Waals surface area contributed by atoms with E-state index in [-0.39, 0.29) is 0 Å². The normalized spacial score (nSPS) is 14.8. The quantitative estimate of drug-likeness (QED) is 0.592. The third kappa shape index (κ3) is 3.93. The number of hydrogen-bond acceptors (Lipinski definition) is 0. The second-order valence-corrected chi connectivity index (χ2v) is 5.61. The molecule has 1 rings (SSSR count). The molecule has 1 heteroatoms. The molecule has 0 nitrogen and oxygen atoms in total. The van der Waals surface area contributed by atoms with Crippen LogP contribution in [0.4, 0.5) is 0 Å². The topological polar surface area (TPSA) is 0 Å². The molecule has 0 amide bonds. The third-order valence-electron chi connectivity index (χ3n) is 3.26. The molecule has 0 fully saturated rings. The van der Waals surface area contributed by atoms with Gasteiger partial charge in [0.1, 0.15) is 0 Å². The van der Waals surface area contributed by atoms with E-state index in [1.807, 2.05) is 0 Å². The number of benzene rings is 1. The highest BCUT2D eigenvalue weighted by molar-refractivity contribution is 9.09. The molecule has 90 valence electrons. The van der Waals surface area contributed by atoms with Gasteiger partial charge in [-0.15, -0.1) is 0 Å². The molecule has 0 radical (unpaired) electrons. The van der Waals surface area contributed by atoms with Crippen molar-refractivity contribution in [3.8, 4) is 0 Å². The van der Waals surface area contributed by atoms with Crippen LogP contribution in [-0.2, 0) is 0 Å². The lowest BCUT2D eigenvalue weighted by Crippen LogP contribution is -2.06. The molecule has 16 heavy (non-hydrogen) atoms. The van der Waals surface area contributed by atoms with Gasteiger partial charge < -0.3 is 0 Å². The summed E-state index contributed by atoms with van der Waals surface area (Å²) < 4.78 is 0. The first kappa shape index (κ1) is 13.8. The molecule has 0 bridgehead atoms. The maximum atomic E-state index is 3.87. The number of alkyl halides is 1. The van der Waals surface area contributed by atoms with Gasteiger partial charge in [0.05, 0.1) is 0 Å². The fourth-order valence-electron chi connectivity index (χ4n) is 2.05. The van der Waals surface area contributed by atoms with Crippen molar-refractivity contribution >= 4 is 15.9 Å². The minimum absolute atomic E-state index is 0.518. The maximum absolute atomic E-state index is 3.87. The predicted octanol–water partition coefficient (Wildman–Crippen LogP) is 5.65. The molecule has 1 aromatic carbocycles. The highest BCUT2D eigenvalue weighted by Gasteiger charge is 2.18. The fraction of sp³-hybridized carbons (Fsp3) is 0.600. The molecule has 0 saturated carbocycles. The van der Waals surface area contributed by atoms with E-state index >= 15 is 0 Å². The van der Waals surface area contributed by atoms with Gasteiger partial charge in [-0.05, 0) is 24.8 Å². The zero-order valence-corrected chi connectivity index (χ0v) is 12.3. The van der Waals surface area contributed by atoms with Crippen molar-refractivity contribution in [2.45, 2.75) is 51.3 Å². The van der Waals surface area contributed by atoms with Gasteiger partial charge in [0.25, 0.3) is 0 Å². The fourth-order valence-corrected chi connectivity index (χ4v) is 2.99. The van der Waals surface area contributed by atoms with E-state index in [1.165, 1.54) is 36.8 Å². The summed E-state index contributed by atoms with van der Waals surface area (Å²) >= 11 is 3.87. The summed E-state index contributed by atoms with van der Waals surface area (Å²) in [6.45, 7) is 6.70. The van der Waals surface area contributed by atoms with Crippen LogP contribution < -0.4 is 0 Å². The van der Waals surface area contributed by atoms with Gasteiger partial charge >= 0.3 is 0 Å². The van der Waals surface area contributed by atoms with Gasteiger partial charge in [-0.2, -0.15) is 0 Å². The summed E-state index contributed by atoms with van der Waals surface area (Å²) in [6.07, 6.45) is 5.22. The van der Waals surface area contributed by atoms with Crippen LogP contribution in [0.1, 0.15) is 55.5 Å². The summed E-state index contributed by atoms with van der Waals surface area (Å²) in [6, 6.07) is 8.92. The van der Waals surface area contributed by atoms with Crippen LogP contribution in [0.3, 0.4) is 0 Å². The van der Waals surface area contributed by atoms with Gasteiger partial charge in [-0.1, -0.05) is 78.9 Å². The van der Waals surface area contributed by atoms with Crippen molar-refractivity contribution in [3.63, 3.8) is 0 Å². The molecule has 2 unspecified atom stereocenters. The van der Waals surface area contributed by atoms with Gasteiger partial charge in [0, 0.05) is 4.83 Å². The van der Waals surface area contributed by atoms with Crippen molar-refractivity contribution in [1.82, 2.24) is 0 Å². The zero-order valence-electron chi connectivity index (χ0n) is 10.7. The Bertz CT molecular complexity index is 289. The highest BCUT2D eigenvalue weighted by Crippen LogP contribution is 2.36. The number of halogens is 1. The minimum Gasteiger partial charge on any atom is -0.0836 e.